The first-order valence-corrected chi connectivity index (χ1v) is 9.12. The van der Waals surface area contributed by atoms with Crippen molar-refractivity contribution in [3.8, 4) is 0 Å². The van der Waals surface area contributed by atoms with Crippen molar-refractivity contribution in [3.63, 3.8) is 0 Å². The van der Waals surface area contributed by atoms with Gasteiger partial charge in [-0.2, -0.15) is 0 Å². The van der Waals surface area contributed by atoms with E-state index in [4.69, 9.17) is 28.4 Å². The van der Waals surface area contributed by atoms with Crippen molar-refractivity contribution in [3.05, 3.63) is 0 Å². The summed E-state index contributed by atoms with van der Waals surface area (Å²) in [7, 11) is 0. The van der Waals surface area contributed by atoms with Gasteiger partial charge in [-0.05, 0) is 0 Å². The lowest BCUT2D eigenvalue weighted by molar-refractivity contribution is -0.363. The second-order valence-corrected chi connectivity index (χ2v) is 7.03. The van der Waals surface area contributed by atoms with Crippen molar-refractivity contribution in [1.29, 1.82) is 0 Å². The monoisotopic (exact) mass is 418 g/mol. The summed E-state index contributed by atoms with van der Waals surface area (Å²) in [5, 5.41) is 10.2. The number of hydrogen-bond acceptors (Lipinski definition) is 11. The lowest BCUT2D eigenvalue weighted by atomic mass is 9.84. The van der Waals surface area contributed by atoms with Gasteiger partial charge in [-0.3, -0.25) is 19.2 Å². The van der Waals surface area contributed by atoms with Gasteiger partial charge in [0.25, 0.3) is 0 Å². The summed E-state index contributed by atoms with van der Waals surface area (Å²) >= 11 is 0. The molecule has 11 nitrogen and oxygen atoms in total. The van der Waals surface area contributed by atoms with Crippen LogP contribution in [0.4, 0.5) is 0 Å². The molecule has 2 rings (SSSR count). The van der Waals surface area contributed by atoms with Crippen LogP contribution in [0, 0.1) is 5.92 Å². The molecule has 2 heterocycles. The third-order valence-electron chi connectivity index (χ3n) is 4.76. The Labute approximate surface area is 167 Å². The van der Waals surface area contributed by atoms with Crippen molar-refractivity contribution < 1.29 is 52.7 Å². The molecule has 2 aliphatic rings. The third-order valence-corrected chi connectivity index (χ3v) is 4.76. The topological polar surface area (TPSA) is 144 Å². The van der Waals surface area contributed by atoms with Crippen molar-refractivity contribution in [2.75, 3.05) is 13.2 Å². The lowest BCUT2D eigenvalue weighted by Crippen LogP contribution is -2.69. The maximum Gasteiger partial charge on any atom is 0.303 e. The number of rotatable bonds is 5. The van der Waals surface area contributed by atoms with Gasteiger partial charge in [0.2, 0.25) is 5.79 Å². The van der Waals surface area contributed by atoms with Gasteiger partial charge in [-0.1, -0.05) is 6.92 Å². The smallest absolute Gasteiger partial charge is 0.303 e. The van der Waals surface area contributed by atoms with Crippen molar-refractivity contribution in [2.45, 2.75) is 70.9 Å². The summed E-state index contributed by atoms with van der Waals surface area (Å²) in [5.41, 5.74) is 0. The van der Waals surface area contributed by atoms with Gasteiger partial charge in [0.1, 0.15) is 12.7 Å². The number of carbonyl (C=O) groups excluding carboxylic acids is 4. The maximum absolute atomic E-state index is 11.8. The van der Waals surface area contributed by atoms with E-state index in [0.717, 1.165) is 20.8 Å². The van der Waals surface area contributed by atoms with Crippen LogP contribution in [0.1, 0.15) is 34.6 Å². The van der Waals surface area contributed by atoms with E-state index in [2.05, 4.69) is 0 Å². The second-order valence-electron chi connectivity index (χ2n) is 7.03. The first-order valence-electron chi connectivity index (χ1n) is 9.12. The molecule has 0 aromatic carbocycles. The predicted molar refractivity (Wildman–Crippen MR) is 92.0 cm³/mol. The van der Waals surface area contributed by atoms with Crippen molar-refractivity contribution in [2.24, 2.45) is 5.92 Å². The van der Waals surface area contributed by atoms with Gasteiger partial charge >= 0.3 is 23.9 Å². The van der Waals surface area contributed by atoms with E-state index in [0.29, 0.717) is 0 Å². The minimum Gasteiger partial charge on any atom is -0.463 e. The molecular weight excluding hydrogens is 392 g/mol. The molecule has 0 saturated carbocycles. The zero-order valence-electron chi connectivity index (χ0n) is 16.9. The van der Waals surface area contributed by atoms with Gasteiger partial charge in [0.15, 0.2) is 18.3 Å². The minimum absolute atomic E-state index is 0.135. The van der Waals surface area contributed by atoms with Gasteiger partial charge in [-0.15, -0.1) is 0 Å². The predicted octanol–water partition coefficient (Wildman–Crippen LogP) is -0.533. The van der Waals surface area contributed by atoms with Crippen LogP contribution in [0.25, 0.3) is 0 Å². The molecule has 0 radical (unpaired) electrons. The number of carbonyl (C=O) groups is 4. The summed E-state index contributed by atoms with van der Waals surface area (Å²) in [6.07, 6.45) is -6.03. The molecule has 2 aliphatic heterocycles. The SMILES string of the molecule is CC(=O)OC[C@H]1O[C@@]2(OC[C@H](O)[C@H]2C)[C@H](OC(C)=O)[C@@H](OC(C)=O)[C@@H]1OC(C)=O. The lowest BCUT2D eigenvalue weighted by Gasteiger charge is -2.50. The summed E-state index contributed by atoms with van der Waals surface area (Å²) < 4.78 is 32.7. The van der Waals surface area contributed by atoms with Crippen LogP contribution in [0.15, 0.2) is 0 Å². The summed E-state index contributed by atoms with van der Waals surface area (Å²) in [5.74, 6) is -5.24. The van der Waals surface area contributed by atoms with Crippen LogP contribution < -0.4 is 0 Å². The molecule has 29 heavy (non-hydrogen) atoms. The van der Waals surface area contributed by atoms with E-state index < -0.39 is 66.1 Å². The van der Waals surface area contributed by atoms with Crippen LogP contribution in [-0.4, -0.2) is 78.5 Å². The van der Waals surface area contributed by atoms with Gasteiger partial charge < -0.3 is 33.5 Å². The van der Waals surface area contributed by atoms with Crippen LogP contribution in [-0.2, 0) is 47.6 Å². The Balaban J connectivity index is 2.53. The zero-order valence-corrected chi connectivity index (χ0v) is 16.9. The molecular formula is C18H26O11. The Kier molecular flexibility index (Phi) is 7.20. The number of esters is 4. The Hall–Kier alpha value is -2.24. The molecule has 2 saturated heterocycles. The van der Waals surface area contributed by atoms with Gasteiger partial charge in [0, 0.05) is 33.6 Å². The largest absolute Gasteiger partial charge is 0.463 e. The van der Waals surface area contributed by atoms with Gasteiger partial charge in [-0.25, -0.2) is 0 Å². The Morgan fingerprint density at radius 3 is 1.93 bits per heavy atom. The quantitative estimate of drug-likeness (QED) is 0.454. The highest BCUT2D eigenvalue weighted by atomic mass is 16.8. The molecule has 2 fully saturated rings. The molecule has 0 aromatic rings. The minimum atomic E-state index is -1.72. The highest BCUT2D eigenvalue weighted by Gasteiger charge is 2.66. The molecule has 0 bridgehead atoms. The Bertz CT molecular complexity index is 662. The summed E-state index contributed by atoms with van der Waals surface area (Å²) in [6, 6.07) is 0. The molecule has 1 spiro atoms. The van der Waals surface area contributed by atoms with E-state index in [1.165, 1.54) is 6.92 Å². The van der Waals surface area contributed by atoms with E-state index >= 15 is 0 Å². The molecule has 1 N–H and O–H groups in total. The molecule has 164 valence electrons. The molecule has 0 amide bonds. The first kappa shape index (κ1) is 23.0. The molecule has 0 aliphatic carbocycles. The number of ether oxygens (including phenoxy) is 6. The van der Waals surface area contributed by atoms with E-state index in [1.54, 1.807) is 6.92 Å². The van der Waals surface area contributed by atoms with Crippen LogP contribution >= 0.6 is 0 Å². The van der Waals surface area contributed by atoms with E-state index in [1.807, 2.05) is 0 Å². The van der Waals surface area contributed by atoms with Crippen LogP contribution in [0.2, 0.25) is 0 Å². The fourth-order valence-electron chi connectivity index (χ4n) is 3.54. The van der Waals surface area contributed by atoms with E-state index in [9.17, 15) is 24.3 Å². The molecule has 7 atom stereocenters. The standard InChI is InChI=1S/C18H26O11/c1-8-13(23)6-25-18(8)17(28-12(5)22)16(27-11(4)21)15(26-10(3)20)14(29-18)7-24-9(2)19/h8,13-17,23H,6-7H2,1-5H3/t8-,13+,14-,15-,16+,17-,18-/m1/s1. The van der Waals surface area contributed by atoms with E-state index in [-0.39, 0.29) is 13.2 Å². The molecule has 0 aromatic heterocycles. The number of aliphatic hydroxyl groups is 1. The van der Waals surface area contributed by atoms with Crippen LogP contribution in [0.3, 0.4) is 0 Å². The third kappa shape index (κ3) is 5.03. The average Bonchev–Trinajstić information content (AvgIpc) is 2.87. The molecule has 0 unspecified atom stereocenters. The highest BCUT2D eigenvalue weighted by Crippen LogP contribution is 2.45. The normalized spacial score (nSPS) is 36.3. The maximum atomic E-state index is 11.8. The van der Waals surface area contributed by atoms with Gasteiger partial charge in [0.05, 0.1) is 12.7 Å². The molecule has 11 heteroatoms. The zero-order chi connectivity index (χ0) is 21.9. The number of hydrogen-bond donors (Lipinski definition) is 1. The fraction of sp³-hybridized carbons (Fsp3) is 0.778. The summed E-state index contributed by atoms with van der Waals surface area (Å²) in [4.78, 5) is 46.5. The highest BCUT2D eigenvalue weighted by molar-refractivity contribution is 5.68. The Morgan fingerprint density at radius 2 is 1.48 bits per heavy atom. The number of aliphatic hydroxyl groups excluding tert-OH is 1. The average molecular weight is 418 g/mol. The van der Waals surface area contributed by atoms with Crippen molar-refractivity contribution in [1.82, 2.24) is 0 Å². The summed E-state index contributed by atoms with van der Waals surface area (Å²) in [6.45, 7) is 5.71. The van der Waals surface area contributed by atoms with Crippen molar-refractivity contribution >= 4 is 23.9 Å². The Morgan fingerprint density at radius 1 is 0.931 bits per heavy atom. The van der Waals surface area contributed by atoms with Crippen LogP contribution in [0.5, 0.6) is 0 Å². The fourth-order valence-corrected chi connectivity index (χ4v) is 3.54. The first-order chi connectivity index (χ1) is 13.5. The second kappa shape index (κ2) is 9.06.